The number of rotatable bonds is 8. The average molecular weight is 317 g/mol. The smallest absolute Gasteiger partial charge is 0.161 e. The van der Waals surface area contributed by atoms with Crippen LogP contribution in [-0.4, -0.2) is 32.6 Å². The monoisotopic (exact) mass is 317 g/mol. The zero-order valence-electron chi connectivity index (χ0n) is 14.0. The van der Waals surface area contributed by atoms with Crippen LogP contribution in [0.2, 0.25) is 0 Å². The normalized spacial score (nSPS) is 10.8. The van der Waals surface area contributed by atoms with Crippen LogP contribution in [0.3, 0.4) is 0 Å². The molecule has 0 N–H and O–H groups in total. The topological polar surface area (TPSA) is 21.7 Å². The first-order chi connectivity index (χ1) is 11.1. The lowest BCUT2D eigenvalue weighted by molar-refractivity contribution is 0.284. The molecule has 124 valence electrons. The predicted octanol–water partition coefficient (Wildman–Crippen LogP) is 3.91. The zero-order chi connectivity index (χ0) is 16.7. The van der Waals surface area contributed by atoms with Crippen LogP contribution in [0.4, 0.5) is 4.39 Å². The van der Waals surface area contributed by atoms with Crippen molar-refractivity contribution in [2.75, 3.05) is 27.7 Å². The Labute approximate surface area is 137 Å². The van der Waals surface area contributed by atoms with E-state index >= 15 is 0 Å². The third-order valence-electron chi connectivity index (χ3n) is 3.58. The van der Waals surface area contributed by atoms with Crippen LogP contribution in [0, 0.1) is 5.82 Å². The van der Waals surface area contributed by atoms with Gasteiger partial charge in [-0.25, -0.2) is 4.39 Å². The molecule has 23 heavy (non-hydrogen) atoms. The second-order valence-corrected chi connectivity index (χ2v) is 5.81. The molecule has 0 amide bonds. The second-order valence-electron chi connectivity index (χ2n) is 5.81. The van der Waals surface area contributed by atoms with E-state index in [1.165, 1.54) is 17.7 Å². The van der Waals surface area contributed by atoms with Gasteiger partial charge in [0.2, 0.25) is 0 Å². The van der Waals surface area contributed by atoms with Crippen LogP contribution in [0.5, 0.6) is 11.5 Å². The molecule has 0 saturated heterocycles. The molecule has 0 fully saturated rings. The third-order valence-corrected chi connectivity index (χ3v) is 3.58. The summed E-state index contributed by atoms with van der Waals surface area (Å²) in [6.07, 6.45) is 2.10. The zero-order valence-corrected chi connectivity index (χ0v) is 14.0. The molecule has 2 aromatic carbocycles. The summed E-state index contributed by atoms with van der Waals surface area (Å²) in [4.78, 5) is 2.17. The van der Waals surface area contributed by atoms with Crippen LogP contribution in [-0.2, 0) is 13.0 Å². The van der Waals surface area contributed by atoms with E-state index in [-0.39, 0.29) is 5.82 Å². The predicted molar refractivity (Wildman–Crippen MR) is 90.6 cm³/mol. The molecule has 0 aliphatic heterocycles. The van der Waals surface area contributed by atoms with Gasteiger partial charge in [-0.05, 0) is 68.9 Å². The maximum Gasteiger partial charge on any atom is 0.161 e. The fourth-order valence-electron chi connectivity index (χ4n) is 2.37. The van der Waals surface area contributed by atoms with Gasteiger partial charge >= 0.3 is 0 Å². The Bertz CT molecular complexity index is 629. The first-order valence-corrected chi connectivity index (χ1v) is 7.77. The standard InChI is InChI=1S/C19H24FNO2/c1-21(2)11-5-7-15-9-10-18(19(13-15)22-3)23-14-16-6-4-8-17(20)12-16/h4,6,8-10,12-13H,5,7,11,14H2,1-3H3. The second kappa shape index (κ2) is 8.53. The van der Waals surface area contributed by atoms with Crippen molar-refractivity contribution in [1.29, 1.82) is 0 Å². The molecular weight excluding hydrogens is 293 g/mol. The molecule has 4 heteroatoms. The van der Waals surface area contributed by atoms with Gasteiger partial charge < -0.3 is 14.4 Å². The van der Waals surface area contributed by atoms with Gasteiger partial charge in [-0.1, -0.05) is 18.2 Å². The third kappa shape index (κ3) is 5.57. The van der Waals surface area contributed by atoms with Crippen molar-refractivity contribution >= 4 is 0 Å². The van der Waals surface area contributed by atoms with E-state index in [1.807, 2.05) is 18.2 Å². The quantitative estimate of drug-likeness (QED) is 0.737. The minimum absolute atomic E-state index is 0.255. The number of ether oxygens (including phenoxy) is 2. The van der Waals surface area contributed by atoms with Gasteiger partial charge in [-0.3, -0.25) is 0 Å². The Morgan fingerprint density at radius 2 is 1.83 bits per heavy atom. The van der Waals surface area contributed by atoms with Gasteiger partial charge in [0.05, 0.1) is 7.11 Å². The molecule has 0 radical (unpaired) electrons. The Morgan fingerprint density at radius 3 is 2.52 bits per heavy atom. The minimum atomic E-state index is -0.255. The molecule has 0 bridgehead atoms. The van der Waals surface area contributed by atoms with Crippen molar-refractivity contribution in [2.45, 2.75) is 19.4 Å². The Balaban J connectivity index is 1.98. The molecule has 0 saturated carbocycles. The molecule has 0 unspecified atom stereocenters. The van der Waals surface area contributed by atoms with Crippen LogP contribution in [0.15, 0.2) is 42.5 Å². The van der Waals surface area contributed by atoms with Gasteiger partial charge in [0.15, 0.2) is 11.5 Å². The first-order valence-electron chi connectivity index (χ1n) is 7.77. The van der Waals surface area contributed by atoms with Gasteiger partial charge in [0.25, 0.3) is 0 Å². The molecule has 0 aromatic heterocycles. The van der Waals surface area contributed by atoms with E-state index in [4.69, 9.17) is 9.47 Å². The van der Waals surface area contributed by atoms with Crippen molar-refractivity contribution < 1.29 is 13.9 Å². The van der Waals surface area contributed by atoms with Crippen LogP contribution < -0.4 is 9.47 Å². The van der Waals surface area contributed by atoms with Crippen molar-refractivity contribution in [3.8, 4) is 11.5 Å². The summed E-state index contributed by atoms with van der Waals surface area (Å²) in [5.41, 5.74) is 2.02. The van der Waals surface area contributed by atoms with E-state index in [1.54, 1.807) is 13.2 Å². The van der Waals surface area contributed by atoms with E-state index in [0.29, 0.717) is 18.1 Å². The Morgan fingerprint density at radius 1 is 1.00 bits per heavy atom. The van der Waals surface area contributed by atoms with Gasteiger partial charge in [-0.2, -0.15) is 0 Å². The lowest BCUT2D eigenvalue weighted by atomic mass is 10.1. The van der Waals surface area contributed by atoms with E-state index in [2.05, 4.69) is 25.1 Å². The van der Waals surface area contributed by atoms with Crippen LogP contribution in [0.1, 0.15) is 17.5 Å². The number of benzene rings is 2. The highest BCUT2D eigenvalue weighted by atomic mass is 19.1. The summed E-state index contributed by atoms with van der Waals surface area (Å²) in [7, 11) is 5.78. The summed E-state index contributed by atoms with van der Waals surface area (Å²) in [6.45, 7) is 1.37. The summed E-state index contributed by atoms with van der Waals surface area (Å²) in [5.74, 6) is 1.13. The number of hydrogen-bond donors (Lipinski definition) is 0. The number of methoxy groups -OCH3 is 1. The maximum absolute atomic E-state index is 13.2. The summed E-state index contributed by atoms with van der Waals surface area (Å²) < 4.78 is 24.4. The molecular formula is C19H24FNO2. The number of nitrogens with zero attached hydrogens (tertiary/aromatic N) is 1. The summed E-state index contributed by atoms with van der Waals surface area (Å²) in [5, 5.41) is 0. The van der Waals surface area contributed by atoms with Crippen molar-refractivity contribution in [2.24, 2.45) is 0 Å². The largest absolute Gasteiger partial charge is 0.493 e. The molecule has 0 heterocycles. The lowest BCUT2D eigenvalue weighted by Crippen LogP contribution is -2.13. The maximum atomic E-state index is 13.2. The highest BCUT2D eigenvalue weighted by Crippen LogP contribution is 2.29. The molecule has 2 aromatic rings. The molecule has 0 aliphatic rings. The minimum Gasteiger partial charge on any atom is -0.493 e. The number of aryl methyl sites for hydroxylation is 1. The number of hydrogen-bond acceptors (Lipinski definition) is 3. The fourth-order valence-corrected chi connectivity index (χ4v) is 2.37. The molecule has 0 atom stereocenters. The van der Waals surface area contributed by atoms with Gasteiger partial charge in [-0.15, -0.1) is 0 Å². The van der Waals surface area contributed by atoms with Crippen molar-refractivity contribution in [1.82, 2.24) is 4.90 Å². The summed E-state index contributed by atoms with van der Waals surface area (Å²) >= 11 is 0. The lowest BCUT2D eigenvalue weighted by Gasteiger charge is -2.13. The molecule has 0 aliphatic carbocycles. The SMILES string of the molecule is COc1cc(CCCN(C)C)ccc1OCc1cccc(F)c1. The van der Waals surface area contributed by atoms with Crippen molar-refractivity contribution in [3.05, 3.63) is 59.4 Å². The Hall–Kier alpha value is -2.07. The van der Waals surface area contributed by atoms with Gasteiger partial charge in [0.1, 0.15) is 12.4 Å². The van der Waals surface area contributed by atoms with E-state index < -0.39 is 0 Å². The molecule has 0 spiro atoms. The van der Waals surface area contributed by atoms with Gasteiger partial charge in [0, 0.05) is 0 Å². The van der Waals surface area contributed by atoms with E-state index in [0.717, 1.165) is 24.9 Å². The summed E-state index contributed by atoms with van der Waals surface area (Å²) in [6, 6.07) is 12.4. The van der Waals surface area contributed by atoms with Crippen molar-refractivity contribution in [3.63, 3.8) is 0 Å². The highest BCUT2D eigenvalue weighted by Gasteiger charge is 2.07. The average Bonchev–Trinajstić information content (AvgIpc) is 2.53. The van der Waals surface area contributed by atoms with E-state index in [9.17, 15) is 4.39 Å². The number of halogens is 1. The van der Waals surface area contributed by atoms with Crippen LogP contribution >= 0.6 is 0 Å². The highest BCUT2D eigenvalue weighted by molar-refractivity contribution is 5.43. The fraction of sp³-hybridized carbons (Fsp3) is 0.368. The molecule has 2 rings (SSSR count). The Kier molecular flexibility index (Phi) is 6.41. The first kappa shape index (κ1) is 17.3. The van der Waals surface area contributed by atoms with Crippen LogP contribution in [0.25, 0.3) is 0 Å². The molecule has 3 nitrogen and oxygen atoms in total.